The smallest absolute Gasteiger partial charge is 0.262 e. The molecule has 0 aromatic heterocycles. The fraction of sp³-hybridized carbons (Fsp3) is 0.278. The number of hydrogen-bond acceptors (Lipinski definition) is 4. The average molecular weight is 397 g/mol. The van der Waals surface area contributed by atoms with Gasteiger partial charge in [0.2, 0.25) is 10.0 Å². The molecule has 6 nitrogen and oxygen atoms in total. The van der Waals surface area contributed by atoms with Gasteiger partial charge in [-0.05, 0) is 48.4 Å². The van der Waals surface area contributed by atoms with Gasteiger partial charge in [0.1, 0.15) is 5.75 Å². The van der Waals surface area contributed by atoms with Crippen molar-refractivity contribution in [1.29, 1.82) is 0 Å². The van der Waals surface area contributed by atoms with Crippen LogP contribution >= 0.6 is 11.6 Å². The highest BCUT2D eigenvalue weighted by molar-refractivity contribution is 7.88. The van der Waals surface area contributed by atoms with Gasteiger partial charge in [0.05, 0.1) is 6.26 Å². The standard InChI is InChI=1S/C18H21ClN2O4S/c1-13-10-15(19)6-9-17(13)20-18(22)12-25-16-7-4-14(5-8-16)11-21(2)26(3,23)24/h4-10H,11-12H2,1-3H3,(H,20,22). The van der Waals surface area contributed by atoms with Gasteiger partial charge in [-0.15, -0.1) is 0 Å². The van der Waals surface area contributed by atoms with Crippen molar-refractivity contribution >= 4 is 33.2 Å². The fourth-order valence-corrected chi connectivity index (χ4v) is 2.78. The van der Waals surface area contributed by atoms with Crippen molar-refractivity contribution in [1.82, 2.24) is 4.31 Å². The predicted octanol–water partition coefficient (Wildman–Crippen LogP) is 3.06. The molecule has 0 bridgehead atoms. The predicted molar refractivity (Wildman–Crippen MR) is 103 cm³/mol. The normalized spacial score (nSPS) is 11.4. The summed E-state index contributed by atoms with van der Waals surface area (Å²) in [6.07, 6.45) is 1.16. The molecule has 0 aliphatic carbocycles. The molecule has 2 aromatic rings. The first-order chi connectivity index (χ1) is 12.1. The van der Waals surface area contributed by atoms with Crippen LogP contribution in [0.4, 0.5) is 5.69 Å². The van der Waals surface area contributed by atoms with Crippen molar-refractivity contribution in [2.75, 3.05) is 25.2 Å². The number of nitrogens with zero attached hydrogens (tertiary/aromatic N) is 1. The first-order valence-corrected chi connectivity index (χ1v) is 10.1. The summed E-state index contributed by atoms with van der Waals surface area (Å²) in [5.74, 6) is 0.245. The van der Waals surface area contributed by atoms with Crippen LogP contribution in [0, 0.1) is 6.92 Å². The number of sulfonamides is 1. The minimum absolute atomic E-state index is 0.134. The highest BCUT2D eigenvalue weighted by Crippen LogP contribution is 2.19. The summed E-state index contributed by atoms with van der Waals surface area (Å²) in [4.78, 5) is 12.0. The first-order valence-electron chi connectivity index (χ1n) is 7.84. The van der Waals surface area contributed by atoms with E-state index in [4.69, 9.17) is 16.3 Å². The molecule has 0 fully saturated rings. The molecule has 0 heterocycles. The quantitative estimate of drug-likeness (QED) is 0.780. The van der Waals surface area contributed by atoms with Gasteiger partial charge in [0.15, 0.2) is 6.61 Å². The van der Waals surface area contributed by atoms with Crippen LogP contribution in [0.2, 0.25) is 5.02 Å². The van der Waals surface area contributed by atoms with Crippen LogP contribution < -0.4 is 10.1 Å². The van der Waals surface area contributed by atoms with E-state index in [0.717, 1.165) is 17.4 Å². The molecule has 26 heavy (non-hydrogen) atoms. The van der Waals surface area contributed by atoms with E-state index in [1.54, 1.807) is 42.5 Å². The van der Waals surface area contributed by atoms with E-state index in [1.807, 2.05) is 6.92 Å². The van der Waals surface area contributed by atoms with E-state index < -0.39 is 10.0 Å². The lowest BCUT2D eigenvalue weighted by Crippen LogP contribution is -2.24. The van der Waals surface area contributed by atoms with Gasteiger partial charge in [-0.3, -0.25) is 4.79 Å². The number of amides is 1. The summed E-state index contributed by atoms with van der Waals surface area (Å²) in [6, 6.07) is 12.1. The number of carbonyl (C=O) groups excluding carboxylic acids is 1. The van der Waals surface area contributed by atoms with Gasteiger partial charge in [0, 0.05) is 24.3 Å². The van der Waals surface area contributed by atoms with E-state index in [0.29, 0.717) is 16.5 Å². The minimum Gasteiger partial charge on any atom is -0.484 e. The fourth-order valence-electron chi connectivity index (χ4n) is 2.17. The zero-order chi connectivity index (χ0) is 19.3. The lowest BCUT2D eigenvalue weighted by atomic mass is 10.2. The van der Waals surface area contributed by atoms with Gasteiger partial charge < -0.3 is 10.1 Å². The summed E-state index contributed by atoms with van der Waals surface area (Å²) in [6.45, 7) is 1.99. The van der Waals surface area contributed by atoms with Crippen molar-refractivity contribution < 1.29 is 17.9 Å². The van der Waals surface area contributed by atoms with E-state index >= 15 is 0 Å². The van der Waals surface area contributed by atoms with E-state index in [2.05, 4.69) is 5.32 Å². The van der Waals surface area contributed by atoms with Crippen LogP contribution in [0.15, 0.2) is 42.5 Å². The Bertz CT molecular complexity index is 883. The second kappa shape index (κ2) is 8.53. The highest BCUT2D eigenvalue weighted by atomic mass is 35.5. The molecule has 0 saturated carbocycles. The van der Waals surface area contributed by atoms with Crippen LogP contribution in [0.25, 0.3) is 0 Å². The SMILES string of the molecule is Cc1cc(Cl)ccc1NC(=O)COc1ccc(CN(C)S(C)(=O)=O)cc1. The van der Waals surface area contributed by atoms with E-state index in [-0.39, 0.29) is 19.1 Å². The van der Waals surface area contributed by atoms with Crippen molar-refractivity contribution in [3.8, 4) is 5.75 Å². The maximum Gasteiger partial charge on any atom is 0.262 e. The molecule has 0 aliphatic rings. The van der Waals surface area contributed by atoms with Crippen molar-refractivity contribution in [2.24, 2.45) is 0 Å². The summed E-state index contributed by atoms with van der Waals surface area (Å²) < 4.78 is 29.6. The topological polar surface area (TPSA) is 75.7 Å². The Kier molecular flexibility index (Phi) is 6.63. The molecule has 1 amide bonds. The maximum absolute atomic E-state index is 12.0. The summed E-state index contributed by atoms with van der Waals surface area (Å²) in [5, 5.41) is 3.38. The van der Waals surface area contributed by atoms with Crippen LogP contribution in [0.5, 0.6) is 5.75 Å². The lowest BCUT2D eigenvalue weighted by molar-refractivity contribution is -0.118. The van der Waals surface area contributed by atoms with Gasteiger partial charge in [-0.1, -0.05) is 23.7 Å². The number of hydrogen-bond donors (Lipinski definition) is 1. The number of benzene rings is 2. The molecule has 0 saturated heterocycles. The third-order valence-corrected chi connectivity index (χ3v) is 5.22. The number of halogens is 1. The molecule has 2 rings (SSSR count). The Hall–Kier alpha value is -2.09. The molecule has 0 unspecified atom stereocenters. The summed E-state index contributed by atoms with van der Waals surface area (Å²) in [7, 11) is -1.71. The third kappa shape index (κ3) is 6.01. The Morgan fingerprint density at radius 3 is 2.42 bits per heavy atom. The molecular formula is C18H21ClN2O4S. The third-order valence-electron chi connectivity index (χ3n) is 3.73. The molecule has 0 atom stereocenters. The van der Waals surface area contributed by atoms with Gasteiger partial charge in [-0.25, -0.2) is 12.7 Å². The highest BCUT2D eigenvalue weighted by Gasteiger charge is 2.11. The molecule has 1 N–H and O–H groups in total. The molecule has 0 aliphatic heterocycles. The molecule has 0 spiro atoms. The zero-order valence-corrected chi connectivity index (χ0v) is 16.4. The zero-order valence-electron chi connectivity index (χ0n) is 14.8. The largest absolute Gasteiger partial charge is 0.484 e. The van der Waals surface area contributed by atoms with Crippen molar-refractivity contribution in [3.63, 3.8) is 0 Å². The van der Waals surface area contributed by atoms with Crippen molar-refractivity contribution in [2.45, 2.75) is 13.5 Å². The average Bonchev–Trinajstić information content (AvgIpc) is 2.56. The van der Waals surface area contributed by atoms with Crippen LogP contribution in [0.1, 0.15) is 11.1 Å². The molecule has 8 heteroatoms. The number of nitrogens with one attached hydrogen (secondary N) is 1. The van der Waals surface area contributed by atoms with Gasteiger partial charge in [0.25, 0.3) is 5.91 Å². The minimum atomic E-state index is -3.23. The Morgan fingerprint density at radius 1 is 1.19 bits per heavy atom. The number of aryl methyl sites for hydroxylation is 1. The van der Waals surface area contributed by atoms with Crippen LogP contribution in [-0.4, -0.2) is 38.5 Å². The lowest BCUT2D eigenvalue weighted by Gasteiger charge is -2.14. The number of carbonyl (C=O) groups is 1. The Morgan fingerprint density at radius 2 is 1.85 bits per heavy atom. The number of anilines is 1. The van der Waals surface area contributed by atoms with Gasteiger partial charge >= 0.3 is 0 Å². The number of ether oxygens (including phenoxy) is 1. The molecule has 0 radical (unpaired) electrons. The Labute approximate surface area is 158 Å². The summed E-state index contributed by atoms with van der Waals surface area (Å²) in [5.41, 5.74) is 2.37. The monoisotopic (exact) mass is 396 g/mol. The number of rotatable bonds is 7. The second-order valence-electron chi connectivity index (χ2n) is 5.96. The Balaban J connectivity index is 1.88. The van der Waals surface area contributed by atoms with Crippen LogP contribution in [0.3, 0.4) is 0 Å². The molecule has 140 valence electrons. The molecular weight excluding hydrogens is 376 g/mol. The van der Waals surface area contributed by atoms with Gasteiger partial charge in [-0.2, -0.15) is 0 Å². The summed E-state index contributed by atoms with van der Waals surface area (Å²) >= 11 is 5.89. The van der Waals surface area contributed by atoms with Crippen molar-refractivity contribution in [3.05, 3.63) is 58.6 Å². The molecule has 2 aromatic carbocycles. The van der Waals surface area contributed by atoms with E-state index in [1.165, 1.54) is 11.4 Å². The van der Waals surface area contributed by atoms with E-state index in [9.17, 15) is 13.2 Å². The second-order valence-corrected chi connectivity index (χ2v) is 8.48. The van der Waals surface area contributed by atoms with Crippen LogP contribution in [-0.2, 0) is 21.4 Å². The first kappa shape index (κ1) is 20.2. The maximum atomic E-state index is 12.0.